The Labute approximate surface area is 82.3 Å². The van der Waals surface area contributed by atoms with Gasteiger partial charge in [-0.05, 0) is 22.9 Å². The molecule has 12 heavy (non-hydrogen) atoms. The van der Waals surface area contributed by atoms with Crippen LogP contribution in [0.2, 0.25) is 5.15 Å². The molecule has 0 amide bonds. The zero-order valence-electron chi connectivity index (χ0n) is 6.21. The number of carboxylic acid groups (broad SMARTS) is 1. The number of halogens is 2. The number of rotatable bonds is 2. The molecule has 4 nitrogen and oxygen atoms in total. The SMILES string of the molecule is CCn1c(Br)nc(Cl)c1C(=O)O. The van der Waals surface area contributed by atoms with E-state index in [9.17, 15) is 4.79 Å². The smallest absolute Gasteiger partial charge is 0.355 e. The van der Waals surface area contributed by atoms with Crippen molar-refractivity contribution < 1.29 is 9.90 Å². The van der Waals surface area contributed by atoms with E-state index in [4.69, 9.17) is 16.7 Å². The number of aromatic nitrogens is 2. The summed E-state index contributed by atoms with van der Waals surface area (Å²) in [7, 11) is 0. The molecule has 0 atom stereocenters. The van der Waals surface area contributed by atoms with E-state index >= 15 is 0 Å². The molecule has 0 aliphatic heterocycles. The number of aromatic carboxylic acids is 1. The minimum Gasteiger partial charge on any atom is -0.476 e. The van der Waals surface area contributed by atoms with Gasteiger partial charge in [-0.25, -0.2) is 9.78 Å². The number of hydrogen-bond acceptors (Lipinski definition) is 2. The summed E-state index contributed by atoms with van der Waals surface area (Å²) < 4.78 is 1.91. The molecule has 6 heteroatoms. The van der Waals surface area contributed by atoms with Gasteiger partial charge in [-0.15, -0.1) is 0 Å². The fourth-order valence-electron chi connectivity index (χ4n) is 0.890. The Morgan fingerprint density at radius 2 is 2.42 bits per heavy atom. The van der Waals surface area contributed by atoms with Gasteiger partial charge in [0, 0.05) is 6.54 Å². The van der Waals surface area contributed by atoms with E-state index in [0.29, 0.717) is 11.3 Å². The molecular weight excluding hydrogens is 247 g/mol. The Balaban J connectivity index is 3.32. The van der Waals surface area contributed by atoms with Crippen LogP contribution in [-0.4, -0.2) is 20.6 Å². The molecule has 0 saturated heterocycles. The molecule has 0 aliphatic carbocycles. The van der Waals surface area contributed by atoms with Gasteiger partial charge in [0.05, 0.1) is 0 Å². The molecule has 1 rings (SSSR count). The quantitative estimate of drug-likeness (QED) is 0.877. The first-order valence-electron chi connectivity index (χ1n) is 3.22. The normalized spacial score (nSPS) is 10.2. The first-order chi connectivity index (χ1) is 5.57. The highest BCUT2D eigenvalue weighted by Crippen LogP contribution is 2.20. The predicted molar refractivity (Wildman–Crippen MR) is 47.6 cm³/mol. The molecule has 0 bridgehead atoms. The third kappa shape index (κ3) is 1.47. The van der Waals surface area contributed by atoms with Gasteiger partial charge in [-0.3, -0.25) is 0 Å². The lowest BCUT2D eigenvalue weighted by Gasteiger charge is -2.00. The maximum atomic E-state index is 10.6. The molecule has 0 spiro atoms. The summed E-state index contributed by atoms with van der Waals surface area (Å²) in [4.78, 5) is 14.4. The fraction of sp³-hybridized carbons (Fsp3) is 0.333. The van der Waals surface area contributed by atoms with Gasteiger partial charge in [0.2, 0.25) is 0 Å². The van der Waals surface area contributed by atoms with Gasteiger partial charge in [0.1, 0.15) is 0 Å². The molecule has 0 unspecified atom stereocenters. The first-order valence-corrected chi connectivity index (χ1v) is 4.39. The Hall–Kier alpha value is -0.550. The molecule has 0 radical (unpaired) electrons. The Morgan fingerprint density at radius 3 is 2.75 bits per heavy atom. The standard InChI is InChI=1S/C6H6BrClN2O2/c1-2-10-3(5(11)12)4(8)9-6(10)7/h2H2,1H3,(H,11,12). The lowest BCUT2D eigenvalue weighted by molar-refractivity contribution is 0.0685. The maximum absolute atomic E-state index is 10.6. The van der Waals surface area contributed by atoms with E-state index in [1.54, 1.807) is 0 Å². The third-order valence-corrected chi connectivity index (χ3v) is 2.27. The van der Waals surface area contributed by atoms with Crippen LogP contribution in [0.15, 0.2) is 4.73 Å². The highest BCUT2D eigenvalue weighted by Gasteiger charge is 2.18. The van der Waals surface area contributed by atoms with Crippen LogP contribution in [0.4, 0.5) is 0 Å². The summed E-state index contributed by atoms with van der Waals surface area (Å²) >= 11 is 8.68. The van der Waals surface area contributed by atoms with Gasteiger partial charge in [-0.1, -0.05) is 11.6 Å². The number of carbonyl (C=O) groups is 1. The van der Waals surface area contributed by atoms with E-state index in [1.165, 1.54) is 4.57 Å². The summed E-state index contributed by atoms with van der Waals surface area (Å²) in [6, 6.07) is 0. The zero-order valence-corrected chi connectivity index (χ0v) is 8.55. The van der Waals surface area contributed by atoms with Crippen molar-refractivity contribution in [3.8, 4) is 0 Å². The van der Waals surface area contributed by atoms with Gasteiger partial charge in [0.25, 0.3) is 0 Å². The number of imidazole rings is 1. The molecule has 0 aliphatic rings. The van der Waals surface area contributed by atoms with E-state index < -0.39 is 5.97 Å². The monoisotopic (exact) mass is 252 g/mol. The van der Waals surface area contributed by atoms with Crippen LogP contribution in [0.25, 0.3) is 0 Å². The highest BCUT2D eigenvalue weighted by atomic mass is 79.9. The largest absolute Gasteiger partial charge is 0.476 e. The summed E-state index contributed by atoms with van der Waals surface area (Å²) in [6.45, 7) is 2.33. The summed E-state index contributed by atoms with van der Waals surface area (Å²) in [5, 5.41) is 8.74. The van der Waals surface area contributed by atoms with Crippen molar-refractivity contribution in [1.29, 1.82) is 0 Å². The lowest BCUT2D eigenvalue weighted by atomic mass is 10.4. The van der Waals surface area contributed by atoms with Crippen molar-refractivity contribution in [1.82, 2.24) is 9.55 Å². The van der Waals surface area contributed by atoms with Crippen molar-refractivity contribution in [3.63, 3.8) is 0 Å². The van der Waals surface area contributed by atoms with Crippen molar-refractivity contribution in [2.45, 2.75) is 13.5 Å². The third-order valence-electron chi connectivity index (χ3n) is 1.40. The average Bonchev–Trinajstić information content (AvgIpc) is 2.24. The average molecular weight is 253 g/mol. The Bertz CT molecular complexity index is 324. The van der Waals surface area contributed by atoms with Gasteiger partial charge >= 0.3 is 5.97 Å². The molecule has 1 aromatic rings. The molecular formula is C6H6BrClN2O2. The lowest BCUT2D eigenvalue weighted by Crippen LogP contribution is -2.07. The van der Waals surface area contributed by atoms with Crippen LogP contribution in [0.5, 0.6) is 0 Å². The number of nitrogens with zero attached hydrogens (tertiary/aromatic N) is 2. The molecule has 0 saturated carbocycles. The minimum absolute atomic E-state index is 0.0104. The van der Waals surface area contributed by atoms with Crippen LogP contribution < -0.4 is 0 Å². The van der Waals surface area contributed by atoms with Crippen molar-refractivity contribution in [2.24, 2.45) is 0 Å². The summed E-state index contributed by atoms with van der Waals surface area (Å²) in [5.74, 6) is -1.07. The predicted octanol–water partition coefficient (Wildman–Crippen LogP) is 2.02. The highest BCUT2D eigenvalue weighted by molar-refractivity contribution is 9.10. The zero-order chi connectivity index (χ0) is 9.30. The van der Waals surface area contributed by atoms with E-state index in [0.717, 1.165) is 0 Å². The van der Waals surface area contributed by atoms with Crippen LogP contribution in [0.1, 0.15) is 17.4 Å². The first kappa shape index (κ1) is 9.54. The van der Waals surface area contributed by atoms with Gasteiger partial charge in [-0.2, -0.15) is 0 Å². The van der Waals surface area contributed by atoms with Crippen LogP contribution in [0, 0.1) is 0 Å². The van der Waals surface area contributed by atoms with E-state index in [-0.39, 0.29) is 10.8 Å². The van der Waals surface area contributed by atoms with Crippen molar-refractivity contribution in [3.05, 3.63) is 15.6 Å². The van der Waals surface area contributed by atoms with Crippen molar-refractivity contribution in [2.75, 3.05) is 0 Å². The molecule has 66 valence electrons. The topological polar surface area (TPSA) is 55.1 Å². The maximum Gasteiger partial charge on any atom is 0.355 e. The van der Waals surface area contributed by atoms with E-state index in [2.05, 4.69) is 20.9 Å². The molecule has 0 fully saturated rings. The minimum atomic E-state index is -1.07. The summed E-state index contributed by atoms with van der Waals surface area (Å²) in [6.07, 6.45) is 0. The van der Waals surface area contributed by atoms with Gasteiger partial charge < -0.3 is 9.67 Å². The van der Waals surface area contributed by atoms with Crippen molar-refractivity contribution >= 4 is 33.5 Å². The Kier molecular flexibility index (Phi) is 2.74. The van der Waals surface area contributed by atoms with Crippen LogP contribution in [0.3, 0.4) is 0 Å². The molecule has 1 N–H and O–H groups in total. The molecule has 0 aromatic carbocycles. The second-order valence-corrected chi connectivity index (χ2v) is 3.14. The number of carboxylic acids is 1. The molecule has 1 heterocycles. The second kappa shape index (κ2) is 3.45. The molecule has 1 aromatic heterocycles. The van der Waals surface area contributed by atoms with E-state index in [1.807, 2.05) is 6.92 Å². The van der Waals surface area contributed by atoms with Crippen LogP contribution >= 0.6 is 27.5 Å². The Morgan fingerprint density at radius 1 is 1.83 bits per heavy atom. The second-order valence-electron chi connectivity index (χ2n) is 2.07. The fourth-order valence-corrected chi connectivity index (χ4v) is 1.86. The van der Waals surface area contributed by atoms with Crippen LogP contribution in [-0.2, 0) is 6.54 Å². The number of hydrogen-bond donors (Lipinski definition) is 1. The summed E-state index contributed by atoms with van der Waals surface area (Å²) in [5.41, 5.74) is 0.0195. The van der Waals surface area contributed by atoms with Gasteiger partial charge in [0.15, 0.2) is 15.6 Å².